The van der Waals surface area contributed by atoms with Gasteiger partial charge in [0, 0.05) is 7.11 Å². The van der Waals surface area contributed by atoms with Crippen LogP contribution in [0.2, 0.25) is 0 Å². The van der Waals surface area contributed by atoms with Gasteiger partial charge in [0.2, 0.25) is 0 Å². The van der Waals surface area contributed by atoms with Gasteiger partial charge in [0.25, 0.3) is 0 Å². The molecule has 0 aromatic rings. The standard InChI is InChI=1S/C9H16O5/c1-9(2)13-6-5(4-10)12-8(11-3)7(6)14-9/h5-8,10H,4H2,1-3H3/t5-,6-,7+,8+/m1/s1. The molecule has 14 heavy (non-hydrogen) atoms. The van der Waals surface area contributed by atoms with E-state index in [9.17, 15) is 0 Å². The first-order valence-electron chi connectivity index (χ1n) is 4.72. The summed E-state index contributed by atoms with van der Waals surface area (Å²) < 4.78 is 21.8. The molecule has 2 heterocycles. The van der Waals surface area contributed by atoms with Crippen molar-refractivity contribution < 1.29 is 24.1 Å². The molecule has 1 N–H and O–H groups in total. The van der Waals surface area contributed by atoms with Crippen LogP contribution in [0.15, 0.2) is 0 Å². The first-order valence-corrected chi connectivity index (χ1v) is 4.72. The van der Waals surface area contributed by atoms with E-state index in [1.54, 1.807) is 7.11 Å². The number of methoxy groups -OCH3 is 1. The molecule has 0 amide bonds. The molecular formula is C9H16O5. The van der Waals surface area contributed by atoms with Crippen molar-refractivity contribution in [3.05, 3.63) is 0 Å². The van der Waals surface area contributed by atoms with E-state index in [4.69, 9.17) is 24.1 Å². The van der Waals surface area contributed by atoms with Gasteiger partial charge in [-0.05, 0) is 13.8 Å². The molecule has 2 aliphatic heterocycles. The Bertz CT molecular complexity index is 197. The average molecular weight is 204 g/mol. The molecule has 0 unspecified atom stereocenters. The van der Waals surface area contributed by atoms with Crippen LogP contribution in [0.5, 0.6) is 0 Å². The summed E-state index contributed by atoms with van der Waals surface area (Å²) in [6, 6.07) is 0. The molecule has 2 aliphatic rings. The van der Waals surface area contributed by atoms with Crippen LogP contribution in [-0.4, -0.2) is 49.2 Å². The first kappa shape index (κ1) is 10.3. The van der Waals surface area contributed by atoms with Crippen molar-refractivity contribution in [3.8, 4) is 0 Å². The molecule has 2 rings (SSSR count). The lowest BCUT2D eigenvalue weighted by atomic mass is 10.1. The number of hydrogen-bond acceptors (Lipinski definition) is 5. The summed E-state index contributed by atoms with van der Waals surface area (Å²) in [5.41, 5.74) is 0. The second-order valence-corrected chi connectivity index (χ2v) is 4.03. The molecule has 0 spiro atoms. The fourth-order valence-corrected chi connectivity index (χ4v) is 1.98. The van der Waals surface area contributed by atoms with Crippen molar-refractivity contribution in [2.24, 2.45) is 0 Å². The highest BCUT2D eigenvalue weighted by atomic mass is 16.8. The zero-order chi connectivity index (χ0) is 10.3. The van der Waals surface area contributed by atoms with Crippen LogP contribution in [0, 0.1) is 0 Å². The Morgan fingerprint density at radius 2 is 1.93 bits per heavy atom. The van der Waals surface area contributed by atoms with Crippen molar-refractivity contribution >= 4 is 0 Å². The molecule has 82 valence electrons. The third-order valence-electron chi connectivity index (χ3n) is 2.52. The average Bonchev–Trinajstić information content (AvgIpc) is 2.57. The van der Waals surface area contributed by atoms with Gasteiger partial charge in [-0.1, -0.05) is 0 Å². The van der Waals surface area contributed by atoms with Gasteiger partial charge < -0.3 is 24.1 Å². The maximum atomic E-state index is 9.08. The second kappa shape index (κ2) is 3.43. The van der Waals surface area contributed by atoms with Crippen LogP contribution in [0.3, 0.4) is 0 Å². The number of aliphatic hydroxyl groups excluding tert-OH is 1. The van der Waals surface area contributed by atoms with E-state index in [1.165, 1.54) is 0 Å². The fourth-order valence-electron chi connectivity index (χ4n) is 1.98. The SMILES string of the molecule is CO[C@H]1O[C@H](CO)[C@H]2OC(C)(C)O[C@H]12. The Morgan fingerprint density at radius 1 is 1.29 bits per heavy atom. The minimum absolute atomic E-state index is 0.0829. The van der Waals surface area contributed by atoms with Crippen molar-refractivity contribution in [1.29, 1.82) is 0 Å². The van der Waals surface area contributed by atoms with E-state index in [-0.39, 0.29) is 24.9 Å². The molecule has 0 bridgehead atoms. The molecule has 0 aromatic carbocycles. The Hall–Kier alpha value is -0.200. The van der Waals surface area contributed by atoms with Crippen LogP contribution >= 0.6 is 0 Å². The number of aliphatic hydroxyl groups is 1. The van der Waals surface area contributed by atoms with E-state index in [0.29, 0.717) is 0 Å². The zero-order valence-corrected chi connectivity index (χ0v) is 8.60. The van der Waals surface area contributed by atoms with Crippen LogP contribution in [0.4, 0.5) is 0 Å². The predicted molar refractivity (Wildman–Crippen MR) is 46.6 cm³/mol. The Labute approximate surface area is 82.9 Å². The first-order chi connectivity index (χ1) is 6.57. The fraction of sp³-hybridized carbons (Fsp3) is 1.00. The van der Waals surface area contributed by atoms with Crippen LogP contribution in [0.25, 0.3) is 0 Å². The minimum atomic E-state index is -0.622. The Morgan fingerprint density at radius 3 is 2.50 bits per heavy atom. The van der Waals surface area contributed by atoms with Gasteiger partial charge in [-0.25, -0.2) is 0 Å². The summed E-state index contributed by atoms with van der Waals surface area (Å²) in [5, 5.41) is 9.08. The Balaban J connectivity index is 2.12. The zero-order valence-electron chi connectivity index (χ0n) is 8.60. The quantitative estimate of drug-likeness (QED) is 0.679. The third-order valence-corrected chi connectivity index (χ3v) is 2.52. The van der Waals surface area contributed by atoms with Crippen LogP contribution < -0.4 is 0 Å². The van der Waals surface area contributed by atoms with Crippen LogP contribution in [0.1, 0.15) is 13.8 Å². The lowest BCUT2D eigenvalue weighted by molar-refractivity contribution is -0.230. The van der Waals surface area contributed by atoms with Gasteiger partial charge in [-0.2, -0.15) is 0 Å². The van der Waals surface area contributed by atoms with Gasteiger partial charge in [-0.15, -0.1) is 0 Å². The summed E-state index contributed by atoms with van der Waals surface area (Å²) in [6.45, 7) is 3.60. The van der Waals surface area contributed by atoms with E-state index in [2.05, 4.69) is 0 Å². The highest BCUT2D eigenvalue weighted by molar-refractivity contribution is 4.94. The van der Waals surface area contributed by atoms with E-state index in [0.717, 1.165) is 0 Å². The number of hydrogen-bond donors (Lipinski definition) is 1. The maximum Gasteiger partial charge on any atom is 0.186 e. The summed E-state index contributed by atoms with van der Waals surface area (Å²) >= 11 is 0. The minimum Gasteiger partial charge on any atom is -0.394 e. The van der Waals surface area contributed by atoms with Crippen molar-refractivity contribution in [2.45, 2.75) is 44.2 Å². The maximum absolute atomic E-state index is 9.08. The number of rotatable bonds is 2. The molecule has 2 saturated heterocycles. The second-order valence-electron chi connectivity index (χ2n) is 4.03. The van der Waals surface area contributed by atoms with Crippen molar-refractivity contribution in [3.63, 3.8) is 0 Å². The van der Waals surface area contributed by atoms with E-state index < -0.39 is 12.1 Å². The van der Waals surface area contributed by atoms with Gasteiger partial charge in [0.05, 0.1) is 6.61 Å². The third kappa shape index (κ3) is 1.55. The molecule has 0 aliphatic carbocycles. The topological polar surface area (TPSA) is 57.2 Å². The number of ether oxygens (including phenoxy) is 4. The van der Waals surface area contributed by atoms with Gasteiger partial charge in [0.15, 0.2) is 12.1 Å². The summed E-state index contributed by atoms with van der Waals surface area (Å²) in [6.07, 6.45) is -1.28. The predicted octanol–water partition coefficient (Wildman–Crippen LogP) is -0.130. The highest BCUT2D eigenvalue weighted by Gasteiger charge is 2.55. The molecule has 2 fully saturated rings. The summed E-state index contributed by atoms with van der Waals surface area (Å²) in [5.74, 6) is -0.622. The van der Waals surface area contributed by atoms with E-state index >= 15 is 0 Å². The molecule has 0 radical (unpaired) electrons. The van der Waals surface area contributed by atoms with Crippen LogP contribution in [-0.2, 0) is 18.9 Å². The van der Waals surface area contributed by atoms with Gasteiger partial charge in [-0.3, -0.25) is 0 Å². The normalized spacial score (nSPS) is 45.4. The van der Waals surface area contributed by atoms with Gasteiger partial charge in [0.1, 0.15) is 18.3 Å². The van der Waals surface area contributed by atoms with Crippen molar-refractivity contribution in [2.75, 3.05) is 13.7 Å². The monoisotopic (exact) mass is 204 g/mol. The molecule has 5 nitrogen and oxygen atoms in total. The molecule has 0 aromatic heterocycles. The summed E-state index contributed by atoms with van der Waals surface area (Å²) in [7, 11) is 1.55. The molecular weight excluding hydrogens is 188 g/mol. The largest absolute Gasteiger partial charge is 0.394 e. The summed E-state index contributed by atoms with van der Waals surface area (Å²) in [4.78, 5) is 0. The lowest BCUT2D eigenvalue weighted by Crippen LogP contribution is -2.31. The lowest BCUT2D eigenvalue weighted by Gasteiger charge is -2.22. The smallest absolute Gasteiger partial charge is 0.186 e. The molecule has 4 atom stereocenters. The highest BCUT2D eigenvalue weighted by Crippen LogP contribution is 2.38. The Kier molecular flexibility index (Phi) is 2.53. The van der Waals surface area contributed by atoms with Gasteiger partial charge >= 0.3 is 0 Å². The number of fused-ring (bicyclic) bond motifs is 1. The van der Waals surface area contributed by atoms with Crippen molar-refractivity contribution in [1.82, 2.24) is 0 Å². The van der Waals surface area contributed by atoms with E-state index in [1.807, 2.05) is 13.8 Å². The molecule has 5 heteroatoms. The molecule has 0 saturated carbocycles.